The zero-order chi connectivity index (χ0) is 15.5. The van der Waals surface area contributed by atoms with Gasteiger partial charge in [-0.15, -0.1) is 0 Å². The maximum Gasteiger partial charge on any atom is 0.338 e. The first-order valence-electron chi connectivity index (χ1n) is 7.17. The van der Waals surface area contributed by atoms with Crippen LogP contribution in [0.5, 0.6) is 0 Å². The summed E-state index contributed by atoms with van der Waals surface area (Å²) in [5, 5.41) is 3.29. The molecule has 7 heteroatoms. The van der Waals surface area contributed by atoms with Gasteiger partial charge in [0.25, 0.3) is 5.91 Å². The highest BCUT2D eigenvalue weighted by Gasteiger charge is 2.24. The van der Waals surface area contributed by atoms with E-state index in [4.69, 9.17) is 9.47 Å². The van der Waals surface area contributed by atoms with Crippen LogP contribution in [0.3, 0.4) is 0 Å². The van der Waals surface area contributed by atoms with Crippen molar-refractivity contribution >= 4 is 38.6 Å². The van der Waals surface area contributed by atoms with E-state index in [0.717, 1.165) is 23.1 Å². The number of aromatic nitrogens is 1. The first kappa shape index (κ1) is 14.9. The Labute approximate surface area is 131 Å². The van der Waals surface area contributed by atoms with Gasteiger partial charge in [-0.2, -0.15) is 0 Å². The summed E-state index contributed by atoms with van der Waals surface area (Å²) in [6, 6.07) is 5.15. The number of hydrogen-bond donors (Lipinski definition) is 1. The molecule has 3 rings (SSSR count). The standard InChI is InChI=1S/C15H16N2O4S/c1-2-20-14(19)9-5-6-10-12(8-9)22-15(16-10)17-13(18)11-4-3-7-21-11/h5-6,8,11H,2-4,7H2,1H3,(H,16,17,18). The monoisotopic (exact) mass is 320 g/mol. The number of ether oxygens (including phenoxy) is 2. The molecule has 116 valence electrons. The molecule has 1 N–H and O–H groups in total. The molecular weight excluding hydrogens is 304 g/mol. The molecule has 1 aliphatic heterocycles. The Balaban J connectivity index is 1.77. The number of hydrogen-bond acceptors (Lipinski definition) is 6. The summed E-state index contributed by atoms with van der Waals surface area (Å²) in [5.41, 5.74) is 1.22. The average Bonchev–Trinajstić information content (AvgIpc) is 3.15. The van der Waals surface area contributed by atoms with E-state index in [1.807, 2.05) is 0 Å². The van der Waals surface area contributed by atoms with Crippen LogP contribution in [0.4, 0.5) is 5.13 Å². The minimum atomic E-state index is -0.387. The Morgan fingerprint density at radius 2 is 2.36 bits per heavy atom. The molecule has 0 aliphatic carbocycles. The van der Waals surface area contributed by atoms with Gasteiger partial charge in [0, 0.05) is 6.61 Å². The highest BCUT2D eigenvalue weighted by atomic mass is 32.1. The summed E-state index contributed by atoms with van der Waals surface area (Å²) >= 11 is 1.33. The minimum Gasteiger partial charge on any atom is -0.462 e. The number of nitrogens with zero attached hydrogens (tertiary/aromatic N) is 1. The van der Waals surface area contributed by atoms with Crippen molar-refractivity contribution in [2.45, 2.75) is 25.9 Å². The SMILES string of the molecule is CCOC(=O)c1ccc2nc(NC(=O)C3CCCO3)sc2c1. The van der Waals surface area contributed by atoms with Gasteiger partial charge in [-0.25, -0.2) is 9.78 Å². The number of carbonyl (C=O) groups is 2. The lowest BCUT2D eigenvalue weighted by Crippen LogP contribution is -2.26. The maximum absolute atomic E-state index is 12.0. The zero-order valence-electron chi connectivity index (χ0n) is 12.1. The second kappa shape index (κ2) is 6.41. The van der Waals surface area contributed by atoms with Gasteiger partial charge < -0.3 is 9.47 Å². The quantitative estimate of drug-likeness (QED) is 0.876. The van der Waals surface area contributed by atoms with Gasteiger partial charge in [-0.3, -0.25) is 10.1 Å². The predicted octanol–water partition coefficient (Wildman–Crippen LogP) is 2.59. The highest BCUT2D eigenvalue weighted by Crippen LogP contribution is 2.27. The zero-order valence-corrected chi connectivity index (χ0v) is 12.9. The molecular formula is C15H16N2O4S. The van der Waals surface area contributed by atoms with E-state index in [9.17, 15) is 9.59 Å². The van der Waals surface area contributed by atoms with Gasteiger partial charge in [0.2, 0.25) is 0 Å². The Kier molecular flexibility index (Phi) is 4.35. The fraction of sp³-hybridized carbons (Fsp3) is 0.400. The summed E-state index contributed by atoms with van der Waals surface area (Å²) in [6.45, 7) is 2.73. The number of anilines is 1. The fourth-order valence-electron chi connectivity index (χ4n) is 2.29. The van der Waals surface area contributed by atoms with Crippen LogP contribution in [-0.4, -0.2) is 36.2 Å². The van der Waals surface area contributed by atoms with E-state index in [-0.39, 0.29) is 18.0 Å². The average molecular weight is 320 g/mol. The Hall–Kier alpha value is -1.99. The highest BCUT2D eigenvalue weighted by molar-refractivity contribution is 7.22. The number of rotatable bonds is 4. The number of benzene rings is 1. The molecule has 1 fully saturated rings. The van der Waals surface area contributed by atoms with E-state index in [1.165, 1.54) is 11.3 Å². The first-order chi connectivity index (χ1) is 10.7. The number of esters is 1. The van der Waals surface area contributed by atoms with Crippen LogP contribution in [0.2, 0.25) is 0 Å². The summed E-state index contributed by atoms with van der Waals surface area (Å²) in [6.07, 6.45) is 1.26. The predicted molar refractivity (Wildman–Crippen MR) is 83.2 cm³/mol. The van der Waals surface area contributed by atoms with Gasteiger partial charge in [-0.05, 0) is 38.0 Å². The molecule has 2 aromatic rings. The maximum atomic E-state index is 12.0. The van der Waals surface area contributed by atoms with E-state index < -0.39 is 0 Å². The van der Waals surface area contributed by atoms with Crippen molar-refractivity contribution in [1.82, 2.24) is 4.98 Å². The van der Waals surface area contributed by atoms with Gasteiger partial charge in [0.05, 0.1) is 22.4 Å². The van der Waals surface area contributed by atoms with Crippen molar-refractivity contribution in [2.75, 3.05) is 18.5 Å². The van der Waals surface area contributed by atoms with E-state index in [0.29, 0.717) is 23.9 Å². The molecule has 1 aromatic heterocycles. The molecule has 6 nitrogen and oxygen atoms in total. The van der Waals surface area contributed by atoms with Crippen molar-refractivity contribution in [2.24, 2.45) is 0 Å². The van der Waals surface area contributed by atoms with Crippen molar-refractivity contribution < 1.29 is 19.1 Å². The van der Waals surface area contributed by atoms with Crippen LogP contribution in [0, 0.1) is 0 Å². The summed E-state index contributed by atoms with van der Waals surface area (Å²) in [7, 11) is 0. The molecule has 1 aliphatic rings. The first-order valence-corrected chi connectivity index (χ1v) is 7.99. The molecule has 0 saturated carbocycles. The summed E-state index contributed by atoms with van der Waals surface area (Å²) in [4.78, 5) is 28.1. The lowest BCUT2D eigenvalue weighted by Gasteiger charge is -2.07. The number of thiazole rings is 1. The van der Waals surface area contributed by atoms with Crippen LogP contribution in [0.25, 0.3) is 10.2 Å². The summed E-state index contributed by atoms with van der Waals surface area (Å²) < 4.78 is 11.1. The lowest BCUT2D eigenvalue weighted by molar-refractivity contribution is -0.124. The minimum absolute atomic E-state index is 0.165. The second-order valence-electron chi connectivity index (χ2n) is 4.91. The Bertz CT molecular complexity index is 707. The van der Waals surface area contributed by atoms with Crippen LogP contribution in [0.15, 0.2) is 18.2 Å². The van der Waals surface area contributed by atoms with Gasteiger partial charge >= 0.3 is 5.97 Å². The second-order valence-corrected chi connectivity index (χ2v) is 5.94. The molecule has 1 saturated heterocycles. The topological polar surface area (TPSA) is 77.5 Å². The number of nitrogens with one attached hydrogen (secondary N) is 1. The third-order valence-corrected chi connectivity index (χ3v) is 4.29. The van der Waals surface area contributed by atoms with Crippen molar-refractivity contribution in [3.05, 3.63) is 23.8 Å². The molecule has 0 radical (unpaired) electrons. The Morgan fingerprint density at radius 1 is 1.50 bits per heavy atom. The molecule has 22 heavy (non-hydrogen) atoms. The fourth-order valence-corrected chi connectivity index (χ4v) is 3.20. The molecule has 0 bridgehead atoms. The van der Waals surface area contributed by atoms with Crippen LogP contribution >= 0.6 is 11.3 Å². The summed E-state index contributed by atoms with van der Waals surface area (Å²) in [5.74, 6) is -0.523. The number of fused-ring (bicyclic) bond motifs is 1. The Morgan fingerprint density at radius 3 is 3.09 bits per heavy atom. The largest absolute Gasteiger partial charge is 0.462 e. The molecule has 1 unspecified atom stereocenters. The third kappa shape index (κ3) is 3.10. The lowest BCUT2D eigenvalue weighted by atomic mass is 10.2. The molecule has 1 amide bonds. The molecule has 1 atom stereocenters. The van der Waals surface area contributed by atoms with E-state index in [1.54, 1.807) is 25.1 Å². The van der Waals surface area contributed by atoms with Crippen LogP contribution in [-0.2, 0) is 14.3 Å². The van der Waals surface area contributed by atoms with Gasteiger partial charge in [0.1, 0.15) is 6.10 Å². The van der Waals surface area contributed by atoms with E-state index in [2.05, 4.69) is 10.3 Å². The van der Waals surface area contributed by atoms with Crippen molar-refractivity contribution in [3.63, 3.8) is 0 Å². The van der Waals surface area contributed by atoms with Crippen LogP contribution < -0.4 is 5.32 Å². The molecule has 0 spiro atoms. The molecule has 1 aromatic carbocycles. The third-order valence-electron chi connectivity index (χ3n) is 3.35. The van der Waals surface area contributed by atoms with Crippen molar-refractivity contribution in [3.8, 4) is 0 Å². The van der Waals surface area contributed by atoms with Gasteiger partial charge in [0.15, 0.2) is 5.13 Å². The molecule has 2 heterocycles. The van der Waals surface area contributed by atoms with Crippen molar-refractivity contribution in [1.29, 1.82) is 0 Å². The smallest absolute Gasteiger partial charge is 0.338 e. The normalized spacial score (nSPS) is 17.6. The number of carbonyl (C=O) groups excluding carboxylic acids is 2. The number of amides is 1. The van der Waals surface area contributed by atoms with Crippen LogP contribution in [0.1, 0.15) is 30.1 Å². The van der Waals surface area contributed by atoms with E-state index >= 15 is 0 Å². The van der Waals surface area contributed by atoms with Gasteiger partial charge in [-0.1, -0.05) is 11.3 Å².